The summed E-state index contributed by atoms with van der Waals surface area (Å²) in [5, 5.41) is 3.41. The van der Waals surface area contributed by atoms with Crippen LogP contribution in [0, 0.1) is 0 Å². The molecule has 4 aromatic heterocycles. The Balaban J connectivity index is 1.24. The van der Waals surface area contributed by atoms with E-state index in [0.717, 1.165) is 70.7 Å². The fourth-order valence-electron chi connectivity index (χ4n) is 6.89. The van der Waals surface area contributed by atoms with Crippen molar-refractivity contribution < 1.29 is 0 Å². The van der Waals surface area contributed by atoms with Crippen molar-refractivity contribution in [2.45, 2.75) is 0 Å². The Morgan fingerprint density at radius 3 is 1.56 bits per heavy atom. The average molecular weight is 658 g/mol. The minimum absolute atomic E-state index is 0.646. The molecule has 0 aliphatic carbocycles. The van der Waals surface area contributed by atoms with Crippen LogP contribution in [-0.4, -0.2) is 24.5 Å². The van der Waals surface area contributed by atoms with E-state index < -0.39 is 0 Å². The Kier molecular flexibility index (Phi) is 6.60. The Labute approximate surface area is 291 Å². The molecule has 6 aromatic carbocycles. The number of hydrogen-bond donors (Lipinski definition) is 0. The topological polar surface area (TPSA) is 56.5 Å². The van der Waals surface area contributed by atoms with Gasteiger partial charge in [-0.05, 0) is 36.4 Å². The monoisotopic (exact) mass is 657 g/mol. The third kappa shape index (κ3) is 4.69. The molecule has 5 nitrogen and oxygen atoms in total. The quantitative estimate of drug-likeness (QED) is 0.185. The van der Waals surface area contributed by atoms with E-state index in [4.69, 9.17) is 19.9 Å². The molecule has 0 radical (unpaired) electrons. The summed E-state index contributed by atoms with van der Waals surface area (Å²) in [7, 11) is 0. The molecule has 6 heteroatoms. The second kappa shape index (κ2) is 11.6. The molecule has 0 saturated carbocycles. The highest BCUT2D eigenvalue weighted by molar-refractivity contribution is 7.26. The summed E-state index contributed by atoms with van der Waals surface area (Å²) in [6.07, 6.45) is 0. The second-order valence-corrected chi connectivity index (χ2v) is 13.3. The lowest BCUT2D eigenvalue weighted by Crippen LogP contribution is -2.02. The van der Waals surface area contributed by atoms with E-state index in [1.165, 1.54) is 10.8 Å². The zero-order valence-electron chi connectivity index (χ0n) is 26.7. The Hall–Kier alpha value is -6.50. The lowest BCUT2D eigenvalue weighted by molar-refractivity contribution is 1.02. The van der Waals surface area contributed by atoms with Gasteiger partial charge in [0.25, 0.3) is 0 Å². The van der Waals surface area contributed by atoms with E-state index in [1.54, 1.807) is 11.3 Å². The van der Waals surface area contributed by atoms with Gasteiger partial charge in [0.05, 0.1) is 38.3 Å². The average Bonchev–Trinajstić information content (AvgIpc) is 3.74. The number of hydrogen-bond acceptors (Lipinski definition) is 5. The molecular weight excluding hydrogens is 631 g/mol. The number of fused-ring (bicyclic) bond motifs is 6. The largest absolute Gasteiger partial charge is 0.278 e. The van der Waals surface area contributed by atoms with Crippen molar-refractivity contribution in [3.63, 3.8) is 0 Å². The maximum atomic E-state index is 5.38. The van der Waals surface area contributed by atoms with Crippen LogP contribution in [0.15, 0.2) is 164 Å². The zero-order chi connectivity index (χ0) is 33.0. The smallest absolute Gasteiger partial charge is 0.235 e. The Bertz CT molecular complexity index is 2750. The van der Waals surface area contributed by atoms with Crippen molar-refractivity contribution >= 4 is 53.4 Å². The molecule has 0 atom stereocenters. The number of nitrogens with zero attached hydrogens (tertiary/aromatic N) is 5. The van der Waals surface area contributed by atoms with Crippen LogP contribution >= 0.6 is 11.3 Å². The summed E-state index contributed by atoms with van der Waals surface area (Å²) in [5.74, 6) is 1.32. The van der Waals surface area contributed by atoms with Gasteiger partial charge in [0.2, 0.25) is 5.95 Å². The molecule has 10 aromatic rings. The Morgan fingerprint density at radius 2 is 0.960 bits per heavy atom. The molecule has 0 aliphatic heterocycles. The molecule has 0 bridgehead atoms. The van der Waals surface area contributed by atoms with Crippen LogP contribution in [0.5, 0.6) is 0 Å². The second-order valence-electron chi connectivity index (χ2n) is 12.3. The van der Waals surface area contributed by atoms with Crippen LogP contribution in [0.2, 0.25) is 0 Å². The molecule has 50 heavy (non-hydrogen) atoms. The SMILES string of the molecule is c1ccc(-c2cc(-c3ccccc3)nc(-c3ccc4sc5c(-c6ccccc6)nc(-n6c7ccccc7c7ccccc76)nc5c4c3)n2)cc1. The van der Waals surface area contributed by atoms with Crippen molar-refractivity contribution in [2.75, 3.05) is 0 Å². The summed E-state index contributed by atoms with van der Waals surface area (Å²) in [5.41, 5.74) is 9.84. The van der Waals surface area contributed by atoms with E-state index in [9.17, 15) is 0 Å². The first kappa shape index (κ1) is 28.5. The third-order valence-electron chi connectivity index (χ3n) is 9.25. The zero-order valence-corrected chi connectivity index (χ0v) is 27.5. The first-order valence-electron chi connectivity index (χ1n) is 16.6. The predicted molar refractivity (Wildman–Crippen MR) is 207 cm³/mol. The summed E-state index contributed by atoms with van der Waals surface area (Å²) in [6.45, 7) is 0. The fraction of sp³-hybridized carbons (Fsp3) is 0. The van der Waals surface area contributed by atoms with Gasteiger partial charge in [0, 0.05) is 43.1 Å². The van der Waals surface area contributed by atoms with Crippen LogP contribution in [-0.2, 0) is 0 Å². The van der Waals surface area contributed by atoms with Crippen molar-refractivity contribution in [1.82, 2.24) is 24.5 Å². The minimum atomic E-state index is 0.646. The van der Waals surface area contributed by atoms with Crippen LogP contribution in [0.1, 0.15) is 0 Å². The van der Waals surface area contributed by atoms with Gasteiger partial charge in [0.15, 0.2) is 5.82 Å². The molecule has 0 N–H and O–H groups in total. The molecule has 0 aliphatic rings. The number of aromatic nitrogens is 5. The molecule has 0 fully saturated rings. The Morgan fingerprint density at radius 1 is 0.420 bits per heavy atom. The van der Waals surface area contributed by atoms with Crippen molar-refractivity contribution in [2.24, 2.45) is 0 Å². The lowest BCUT2D eigenvalue weighted by atomic mass is 10.1. The molecule has 0 spiro atoms. The molecule has 10 rings (SSSR count). The highest BCUT2D eigenvalue weighted by Gasteiger charge is 2.20. The van der Waals surface area contributed by atoms with Gasteiger partial charge in [0.1, 0.15) is 0 Å². The molecule has 0 saturated heterocycles. The third-order valence-corrected chi connectivity index (χ3v) is 10.4. The standard InChI is InChI=1S/C44H27N5S/c1-4-14-28(15-5-1)35-27-36(29-16-6-2-7-17-29)46-43(45-35)31-24-25-39-34(26-31)41-42(50-39)40(30-18-8-3-9-19-30)47-44(48-41)49-37-22-12-10-20-32(37)33-21-11-13-23-38(33)49/h1-27H. The number of rotatable bonds is 5. The normalized spacial score (nSPS) is 11.6. The van der Waals surface area contributed by atoms with Gasteiger partial charge < -0.3 is 0 Å². The highest BCUT2D eigenvalue weighted by Crippen LogP contribution is 2.41. The van der Waals surface area contributed by atoms with Crippen molar-refractivity contribution in [1.29, 1.82) is 0 Å². The maximum absolute atomic E-state index is 5.38. The summed E-state index contributed by atoms with van der Waals surface area (Å²) < 4.78 is 4.39. The van der Waals surface area contributed by atoms with Gasteiger partial charge in [-0.2, -0.15) is 0 Å². The number of thiophene rings is 1. The fourth-order valence-corrected chi connectivity index (χ4v) is 8.02. The van der Waals surface area contributed by atoms with E-state index in [1.807, 2.05) is 42.5 Å². The van der Waals surface area contributed by atoms with E-state index >= 15 is 0 Å². The van der Waals surface area contributed by atoms with Crippen LogP contribution in [0.4, 0.5) is 0 Å². The van der Waals surface area contributed by atoms with Crippen LogP contribution in [0.25, 0.3) is 93.2 Å². The highest BCUT2D eigenvalue weighted by atomic mass is 32.1. The lowest BCUT2D eigenvalue weighted by Gasteiger charge is -2.10. The van der Waals surface area contributed by atoms with E-state index in [2.05, 4.69) is 126 Å². The maximum Gasteiger partial charge on any atom is 0.235 e. The molecular formula is C44H27N5S. The first-order valence-corrected chi connectivity index (χ1v) is 17.4. The van der Waals surface area contributed by atoms with Crippen LogP contribution < -0.4 is 0 Å². The van der Waals surface area contributed by atoms with Gasteiger partial charge >= 0.3 is 0 Å². The summed E-state index contributed by atoms with van der Waals surface area (Å²) >= 11 is 1.73. The minimum Gasteiger partial charge on any atom is -0.278 e. The molecule has 0 unspecified atom stereocenters. The van der Waals surface area contributed by atoms with Gasteiger partial charge in [-0.1, -0.05) is 127 Å². The molecule has 0 amide bonds. The number of para-hydroxylation sites is 2. The van der Waals surface area contributed by atoms with E-state index in [-0.39, 0.29) is 0 Å². The van der Waals surface area contributed by atoms with Crippen LogP contribution in [0.3, 0.4) is 0 Å². The predicted octanol–water partition coefficient (Wildman–Crippen LogP) is 11.4. The van der Waals surface area contributed by atoms with Crippen molar-refractivity contribution in [3.05, 3.63) is 164 Å². The van der Waals surface area contributed by atoms with Gasteiger partial charge in [-0.25, -0.2) is 19.9 Å². The first-order chi connectivity index (χ1) is 24.8. The number of benzene rings is 6. The summed E-state index contributed by atoms with van der Waals surface area (Å²) in [6, 6.07) is 56.6. The van der Waals surface area contributed by atoms with Gasteiger partial charge in [-0.3, -0.25) is 4.57 Å². The summed E-state index contributed by atoms with van der Waals surface area (Å²) in [4.78, 5) is 20.9. The van der Waals surface area contributed by atoms with E-state index in [0.29, 0.717) is 11.8 Å². The van der Waals surface area contributed by atoms with Crippen molar-refractivity contribution in [3.8, 4) is 51.1 Å². The van der Waals surface area contributed by atoms with Gasteiger partial charge in [-0.15, -0.1) is 11.3 Å². The molecule has 234 valence electrons. The molecule has 4 heterocycles.